The van der Waals surface area contributed by atoms with Gasteiger partial charge in [-0.25, -0.2) is 4.79 Å². The van der Waals surface area contributed by atoms with Gasteiger partial charge in [0.05, 0.1) is 12.2 Å². The molecule has 2 aromatic carbocycles. The van der Waals surface area contributed by atoms with Gasteiger partial charge < -0.3 is 24.4 Å². The number of rotatable bonds is 12. The molecule has 2 fully saturated rings. The van der Waals surface area contributed by atoms with Crippen molar-refractivity contribution < 1.29 is 37.0 Å². The van der Waals surface area contributed by atoms with Crippen molar-refractivity contribution in [2.45, 2.75) is 38.6 Å². The van der Waals surface area contributed by atoms with Crippen molar-refractivity contribution in [1.82, 2.24) is 10.2 Å². The maximum absolute atomic E-state index is 12.7. The summed E-state index contributed by atoms with van der Waals surface area (Å²) in [6.07, 6.45) is -4.62. The molecule has 1 saturated carbocycles. The molecular formula is C28H33F3N2O5. The molecule has 1 aliphatic carbocycles. The van der Waals surface area contributed by atoms with Gasteiger partial charge in [0.25, 0.3) is 5.91 Å². The average Bonchev–Trinajstić information content (AvgIpc) is 3.34. The Balaban J connectivity index is 1.15. The third-order valence-corrected chi connectivity index (χ3v) is 6.95. The number of likely N-dealkylation sites (tertiary alicyclic amines) is 1. The van der Waals surface area contributed by atoms with Gasteiger partial charge in [0.15, 0.2) is 6.10 Å². The highest BCUT2D eigenvalue weighted by Crippen LogP contribution is 2.45. The van der Waals surface area contributed by atoms with E-state index < -0.39 is 17.8 Å². The zero-order chi connectivity index (χ0) is 27.3. The molecule has 2 aliphatic rings. The Hall–Kier alpha value is -3.11. The van der Waals surface area contributed by atoms with Crippen molar-refractivity contribution in [3.05, 3.63) is 65.2 Å². The van der Waals surface area contributed by atoms with Crippen LogP contribution in [0.25, 0.3) is 0 Å². The first-order chi connectivity index (χ1) is 18.2. The van der Waals surface area contributed by atoms with Gasteiger partial charge in [-0.05, 0) is 67.6 Å². The number of carbonyl (C=O) groups excluding carboxylic acids is 2. The monoisotopic (exact) mass is 534 g/mol. The summed E-state index contributed by atoms with van der Waals surface area (Å²) in [6.45, 7) is 6.66. The van der Waals surface area contributed by atoms with E-state index in [1.807, 2.05) is 31.2 Å². The molecule has 0 spiro atoms. The predicted molar refractivity (Wildman–Crippen MR) is 134 cm³/mol. The molecule has 2 aromatic rings. The highest BCUT2D eigenvalue weighted by atomic mass is 19.4. The van der Waals surface area contributed by atoms with Crippen LogP contribution in [0.3, 0.4) is 0 Å². The van der Waals surface area contributed by atoms with Crippen LogP contribution in [-0.4, -0.2) is 68.4 Å². The Bertz CT molecular complexity index is 1080. The number of esters is 1. The van der Waals surface area contributed by atoms with E-state index in [0.29, 0.717) is 63.8 Å². The first-order valence-corrected chi connectivity index (χ1v) is 12.9. The summed E-state index contributed by atoms with van der Waals surface area (Å²) >= 11 is 0. The Morgan fingerprint density at radius 3 is 2.24 bits per heavy atom. The van der Waals surface area contributed by atoms with Crippen LogP contribution in [0.5, 0.6) is 5.75 Å². The zero-order valence-electron chi connectivity index (χ0n) is 21.5. The van der Waals surface area contributed by atoms with Crippen molar-refractivity contribution in [1.29, 1.82) is 0 Å². The molecule has 1 amide bonds. The number of amides is 1. The van der Waals surface area contributed by atoms with Crippen molar-refractivity contribution in [2.24, 2.45) is 11.8 Å². The maximum atomic E-state index is 12.7. The van der Waals surface area contributed by atoms with E-state index in [1.54, 1.807) is 11.8 Å². The second-order valence-corrected chi connectivity index (χ2v) is 9.49. The lowest BCUT2D eigenvalue weighted by atomic mass is 10.1. The van der Waals surface area contributed by atoms with Crippen molar-refractivity contribution >= 4 is 11.9 Å². The molecule has 0 aromatic heterocycles. The smallest absolute Gasteiger partial charge is 0.416 e. The highest BCUT2D eigenvalue weighted by molar-refractivity contribution is 5.94. The number of alkyl halides is 3. The SMILES string of the molecule is CCOC(=O)[C@H](Cc1ccc(OCCNC2C3CN(C(=O)c4ccc(C(F)(F)F)cc4)CC32)cc1)OCC. The van der Waals surface area contributed by atoms with Gasteiger partial charge in [0, 0.05) is 44.3 Å². The minimum absolute atomic E-state index is 0.230. The van der Waals surface area contributed by atoms with Crippen molar-refractivity contribution in [2.75, 3.05) is 39.5 Å². The topological polar surface area (TPSA) is 77.1 Å². The number of nitrogens with one attached hydrogen (secondary N) is 1. The molecule has 10 heteroatoms. The van der Waals surface area contributed by atoms with Crippen molar-refractivity contribution in [3.63, 3.8) is 0 Å². The molecule has 38 heavy (non-hydrogen) atoms. The standard InChI is InChI=1S/C28H33F3N2O5/c1-3-36-24(27(35)37-4-2)15-18-5-11-21(12-6-18)38-14-13-32-25-22-16-33(17-23(22)25)26(34)19-7-9-20(10-8-19)28(29,30)31/h5-12,22-25,32H,3-4,13-17H2,1-2H3/t22?,23?,24-,25?/m0/s1. The fraction of sp³-hybridized carbons (Fsp3) is 0.500. The quantitative estimate of drug-likeness (QED) is 0.328. The van der Waals surface area contributed by atoms with Crippen LogP contribution < -0.4 is 10.1 Å². The Morgan fingerprint density at radius 2 is 1.66 bits per heavy atom. The van der Waals surface area contributed by atoms with Gasteiger partial charge in [-0.3, -0.25) is 4.79 Å². The van der Waals surface area contributed by atoms with Gasteiger partial charge in [0.2, 0.25) is 0 Å². The second kappa shape index (κ2) is 12.2. The molecule has 2 unspecified atom stereocenters. The minimum Gasteiger partial charge on any atom is -0.492 e. The van der Waals surface area contributed by atoms with Crippen LogP contribution in [0.15, 0.2) is 48.5 Å². The Kier molecular flexibility index (Phi) is 8.94. The fourth-order valence-corrected chi connectivity index (χ4v) is 4.96. The lowest BCUT2D eigenvalue weighted by molar-refractivity contribution is -0.156. The zero-order valence-corrected chi connectivity index (χ0v) is 21.5. The molecule has 1 saturated heterocycles. The molecule has 0 radical (unpaired) electrons. The summed E-state index contributed by atoms with van der Waals surface area (Å²) in [4.78, 5) is 26.4. The van der Waals surface area contributed by atoms with E-state index in [-0.39, 0.29) is 17.4 Å². The predicted octanol–water partition coefficient (Wildman–Crippen LogP) is 3.96. The highest BCUT2D eigenvalue weighted by Gasteiger charge is 2.56. The summed E-state index contributed by atoms with van der Waals surface area (Å²) in [7, 11) is 0. The molecule has 1 N–H and O–H groups in total. The van der Waals surface area contributed by atoms with Crippen LogP contribution in [-0.2, 0) is 26.9 Å². The molecule has 3 atom stereocenters. The number of fused-ring (bicyclic) bond motifs is 1. The lowest BCUT2D eigenvalue weighted by Crippen LogP contribution is -2.36. The molecular weight excluding hydrogens is 501 g/mol. The van der Waals surface area contributed by atoms with E-state index >= 15 is 0 Å². The third kappa shape index (κ3) is 6.85. The second-order valence-electron chi connectivity index (χ2n) is 9.49. The molecule has 4 rings (SSSR count). The molecule has 1 heterocycles. The number of nitrogens with zero attached hydrogens (tertiary/aromatic N) is 1. The average molecular weight is 535 g/mol. The number of hydrogen-bond acceptors (Lipinski definition) is 6. The van der Waals surface area contributed by atoms with Crippen LogP contribution in [0.1, 0.15) is 35.3 Å². The maximum Gasteiger partial charge on any atom is 0.416 e. The summed E-state index contributed by atoms with van der Waals surface area (Å²) < 4.78 is 54.6. The summed E-state index contributed by atoms with van der Waals surface area (Å²) in [6, 6.07) is 12.2. The van der Waals surface area contributed by atoms with E-state index in [1.165, 1.54) is 12.1 Å². The third-order valence-electron chi connectivity index (χ3n) is 6.95. The summed E-state index contributed by atoms with van der Waals surface area (Å²) in [5, 5.41) is 3.47. The van der Waals surface area contributed by atoms with Gasteiger partial charge >= 0.3 is 12.1 Å². The number of ether oxygens (including phenoxy) is 3. The summed E-state index contributed by atoms with van der Waals surface area (Å²) in [5.74, 6) is 0.837. The lowest BCUT2D eigenvalue weighted by Gasteiger charge is -2.20. The normalized spacial score (nSPS) is 21.1. The van der Waals surface area contributed by atoms with Gasteiger partial charge in [0.1, 0.15) is 12.4 Å². The largest absolute Gasteiger partial charge is 0.492 e. The Labute approximate surface area is 220 Å². The van der Waals surface area contributed by atoms with E-state index in [4.69, 9.17) is 14.2 Å². The summed E-state index contributed by atoms with van der Waals surface area (Å²) in [5.41, 5.74) is 0.464. The minimum atomic E-state index is -4.42. The number of carbonyl (C=O) groups is 2. The first-order valence-electron chi connectivity index (χ1n) is 12.9. The van der Waals surface area contributed by atoms with Crippen LogP contribution in [0.2, 0.25) is 0 Å². The Morgan fingerprint density at radius 1 is 1.00 bits per heavy atom. The van der Waals surface area contributed by atoms with E-state index in [9.17, 15) is 22.8 Å². The van der Waals surface area contributed by atoms with Gasteiger partial charge in [-0.1, -0.05) is 12.1 Å². The molecule has 1 aliphatic heterocycles. The van der Waals surface area contributed by atoms with Crippen molar-refractivity contribution in [3.8, 4) is 5.75 Å². The number of benzene rings is 2. The van der Waals surface area contributed by atoms with Crippen LogP contribution >= 0.6 is 0 Å². The van der Waals surface area contributed by atoms with Gasteiger partial charge in [-0.2, -0.15) is 13.2 Å². The number of piperidine rings is 1. The van der Waals surface area contributed by atoms with Crippen LogP contribution in [0.4, 0.5) is 13.2 Å². The van der Waals surface area contributed by atoms with Crippen LogP contribution in [0, 0.1) is 11.8 Å². The van der Waals surface area contributed by atoms with E-state index in [0.717, 1.165) is 23.4 Å². The molecule has 206 valence electrons. The number of halogens is 3. The van der Waals surface area contributed by atoms with E-state index in [2.05, 4.69) is 5.32 Å². The van der Waals surface area contributed by atoms with Gasteiger partial charge in [-0.15, -0.1) is 0 Å². The first kappa shape index (κ1) is 27.9. The molecule has 7 nitrogen and oxygen atoms in total. The fourth-order valence-electron chi connectivity index (χ4n) is 4.96. The molecule has 0 bridgehead atoms. The number of hydrogen-bond donors (Lipinski definition) is 1.